The number of aryl methyl sites for hydroxylation is 1. The molecule has 1 aromatic carbocycles. The first-order chi connectivity index (χ1) is 16.2. The largest absolute Gasteiger partial charge is 0.422 e. The molecule has 5 rings (SSSR count). The van der Waals surface area contributed by atoms with Gasteiger partial charge in [0.25, 0.3) is 0 Å². The minimum atomic E-state index is -0.636. The average molecular weight is 461 g/mol. The molecule has 4 heterocycles. The summed E-state index contributed by atoms with van der Waals surface area (Å²) in [6, 6.07) is 5.65. The van der Waals surface area contributed by atoms with Gasteiger partial charge in [0.1, 0.15) is 11.1 Å². The predicted molar refractivity (Wildman–Crippen MR) is 134 cm³/mol. The van der Waals surface area contributed by atoms with Crippen molar-refractivity contribution in [2.75, 3.05) is 29.9 Å². The minimum Gasteiger partial charge on any atom is -0.422 e. The van der Waals surface area contributed by atoms with Crippen molar-refractivity contribution in [1.29, 1.82) is 0 Å². The van der Waals surface area contributed by atoms with E-state index < -0.39 is 11.4 Å². The van der Waals surface area contributed by atoms with E-state index in [1.807, 2.05) is 6.07 Å². The van der Waals surface area contributed by atoms with Crippen LogP contribution in [0.5, 0.6) is 0 Å². The summed E-state index contributed by atoms with van der Waals surface area (Å²) in [5.41, 5.74) is 3.05. The van der Waals surface area contributed by atoms with E-state index in [2.05, 4.69) is 53.7 Å². The first-order valence-corrected chi connectivity index (χ1v) is 12.1. The van der Waals surface area contributed by atoms with Gasteiger partial charge in [-0.3, -0.25) is 4.79 Å². The normalized spacial score (nSPS) is 19.9. The van der Waals surface area contributed by atoms with E-state index in [1.54, 1.807) is 19.2 Å². The highest BCUT2D eigenvalue weighted by Crippen LogP contribution is 2.43. The lowest BCUT2D eigenvalue weighted by Gasteiger charge is -2.45. The maximum absolute atomic E-state index is 13.3. The van der Waals surface area contributed by atoms with Crippen molar-refractivity contribution in [2.45, 2.75) is 64.8 Å². The zero-order valence-electron chi connectivity index (χ0n) is 20.6. The van der Waals surface area contributed by atoms with Crippen LogP contribution in [0.15, 0.2) is 33.6 Å². The molecule has 0 radical (unpaired) electrons. The second-order valence-electron chi connectivity index (χ2n) is 10.4. The van der Waals surface area contributed by atoms with E-state index in [0.717, 1.165) is 43.4 Å². The van der Waals surface area contributed by atoms with Crippen LogP contribution in [0, 0.1) is 6.92 Å². The van der Waals surface area contributed by atoms with Crippen LogP contribution in [-0.2, 0) is 0 Å². The molecule has 0 unspecified atom stereocenters. The number of rotatable bonds is 3. The fourth-order valence-electron chi connectivity index (χ4n) is 5.41. The summed E-state index contributed by atoms with van der Waals surface area (Å²) >= 11 is 0. The molecule has 1 atom stereocenters. The SMILES string of the molecule is Cc1nc(N2CCCCC2)ncc1C(=O)c1cc2cc3c(cc2oc1=O)N(C)C(C)(C)C[C@@H]3C. The van der Waals surface area contributed by atoms with E-state index >= 15 is 0 Å². The van der Waals surface area contributed by atoms with E-state index in [9.17, 15) is 9.59 Å². The quantitative estimate of drug-likeness (QED) is 0.409. The molecule has 0 aliphatic carbocycles. The van der Waals surface area contributed by atoms with Crippen LogP contribution in [0.3, 0.4) is 0 Å². The van der Waals surface area contributed by atoms with Crippen molar-refractivity contribution in [1.82, 2.24) is 9.97 Å². The highest BCUT2D eigenvalue weighted by molar-refractivity contribution is 6.10. The van der Waals surface area contributed by atoms with Crippen molar-refractivity contribution in [3.63, 3.8) is 0 Å². The Morgan fingerprint density at radius 2 is 1.85 bits per heavy atom. The van der Waals surface area contributed by atoms with Gasteiger partial charge in [-0.2, -0.15) is 0 Å². The lowest BCUT2D eigenvalue weighted by atomic mass is 9.80. The zero-order valence-corrected chi connectivity index (χ0v) is 20.6. The van der Waals surface area contributed by atoms with E-state index in [1.165, 1.54) is 12.0 Å². The number of anilines is 2. The number of benzene rings is 1. The van der Waals surface area contributed by atoms with Gasteiger partial charge in [-0.15, -0.1) is 0 Å². The lowest BCUT2D eigenvalue weighted by molar-refractivity contribution is 0.103. The number of piperidine rings is 1. The number of nitrogens with zero attached hydrogens (tertiary/aromatic N) is 4. The van der Waals surface area contributed by atoms with Gasteiger partial charge in [-0.05, 0) is 70.1 Å². The molecule has 2 aliphatic heterocycles. The molecule has 0 N–H and O–H groups in total. The van der Waals surface area contributed by atoms with Crippen molar-refractivity contribution >= 4 is 28.4 Å². The number of hydrogen-bond donors (Lipinski definition) is 0. The maximum atomic E-state index is 13.3. The summed E-state index contributed by atoms with van der Waals surface area (Å²) in [4.78, 5) is 39.6. The molecule has 0 saturated carbocycles. The molecule has 0 spiro atoms. The number of hydrogen-bond acceptors (Lipinski definition) is 7. The van der Waals surface area contributed by atoms with Gasteiger partial charge in [0.15, 0.2) is 0 Å². The minimum absolute atomic E-state index is 0.00812. The Hall–Kier alpha value is -3.22. The topological polar surface area (TPSA) is 79.5 Å². The molecule has 1 saturated heterocycles. The van der Waals surface area contributed by atoms with Crippen molar-refractivity contribution < 1.29 is 9.21 Å². The number of aromatic nitrogens is 2. The summed E-state index contributed by atoms with van der Waals surface area (Å²) in [6.45, 7) is 10.3. The van der Waals surface area contributed by atoms with Gasteiger partial charge in [-0.1, -0.05) is 6.92 Å². The summed E-state index contributed by atoms with van der Waals surface area (Å²) in [6.07, 6.45) is 6.03. The van der Waals surface area contributed by atoms with Crippen LogP contribution in [0.4, 0.5) is 11.6 Å². The van der Waals surface area contributed by atoms with E-state index in [0.29, 0.717) is 28.7 Å². The Bertz CT molecular complexity index is 1340. The third kappa shape index (κ3) is 3.77. The van der Waals surface area contributed by atoms with Crippen LogP contribution in [0.1, 0.15) is 79.6 Å². The van der Waals surface area contributed by atoms with Crippen LogP contribution >= 0.6 is 0 Å². The second-order valence-corrected chi connectivity index (χ2v) is 10.4. The maximum Gasteiger partial charge on any atom is 0.347 e. The fraction of sp³-hybridized carbons (Fsp3) is 0.481. The van der Waals surface area contributed by atoms with Gasteiger partial charge in [0, 0.05) is 49.0 Å². The Balaban J connectivity index is 1.53. The standard InChI is InChI=1S/C27H32N4O3/c1-16-14-27(3,4)30(5)22-13-23-18(11-19(16)22)12-20(25(33)34-23)24(32)21-15-28-26(29-17(21)2)31-9-7-6-8-10-31/h11-13,15-16H,6-10,14H2,1-5H3/t16-/m0/s1. The average Bonchev–Trinajstić information content (AvgIpc) is 2.81. The highest BCUT2D eigenvalue weighted by atomic mass is 16.4. The zero-order chi connectivity index (χ0) is 24.2. The third-order valence-electron chi connectivity index (χ3n) is 7.58. The molecule has 34 heavy (non-hydrogen) atoms. The molecule has 0 bridgehead atoms. The number of fused-ring (bicyclic) bond motifs is 2. The molecule has 7 heteroatoms. The van der Waals surface area contributed by atoms with Crippen LogP contribution in [0.2, 0.25) is 0 Å². The first-order valence-electron chi connectivity index (χ1n) is 12.1. The molecule has 178 valence electrons. The number of carbonyl (C=O) groups is 1. The molecule has 3 aromatic rings. The Morgan fingerprint density at radius 3 is 2.56 bits per heavy atom. The molecular weight excluding hydrogens is 428 g/mol. The fourth-order valence-corrected chi connectivity index (χ4v) is 5.41. The van der Waals surface area contributed by atoms with Crippen molar-refractivity contribution in [3.8, 4) is 0 Å². The molecule has 2 aliphatic rings. The van der Waals surface area contributed by atoms with Crippen LogP contribution in [-0.4, -0.2) is 41.4 Å². The third-order valence-corrected chi connectivity index (χ3v) is 7.58. The Morgan fingerprint density at radius 1 is 1.12 bits per heavy atom. The first kappa shape index (κ1) is 22.6. The summed E-state index contributed by atoms with van der Waals surface area (Å²) in [7, 11) is 2.07. The highest BCUT2D eigenvalue weighted by Gasteiger charge is 2.34. The molecular formula is C27H32N4O3. The van der Waals surface area contributed by atoms with E-state index in [4.69, 9.17) is 4.42 Å². The number of ketones is 1. The van der Waals surface area contributed by atoms with Gasteiger partial charge in [-0.25, -0.2) is 14.8 Å². The van der Waals surface area contributed by atoms with Gasteiger partial charge in [0.2, 0.25) is 11.7 Å². The molecule has 0 amide bonds. The van der Waals surface area contributed by atoms with Crippen molar-refractivity contribution in [3.05, 3.63) is 57.2 Å². The molecule has 7 nitrogen and oxygen atoms in total. The number of carbonyl (C=O) groups excluding carboxylic acids is 1. The second kappa shape index (κ2) is 8.22. The lowest BCUT2D eigenvalue weighted by Crippen LogP contribution is -2.45. The van der Waals surface area contributed by atoms with Gasteiger partial charge < -0.3 is 14.2 Å². The summed E-state index contributed by atoms with van der Waals surface area (Å²) in [5, 5.41) is 0.755. The Kier molecular flexibility index (Phi) is 5.46. The summed E-state index contributed by atoms with van der Waals surface area (Å²) < 4.78 is 5.66. The summed E-state index contributed by atoms with van der Waals surface area (Å²) in [5.74, 6) is 0.601. The Labute approximate surface area is 199 Å². The van der Waals surface area contributed by atoms with Gasteiger partial charge in [0.05, 0.1) is 11.3 Å². The molecule has 1 fully saturated rings. The smallest absolute Gasteiger partial charge is 0.347 e. The van der Waals surface area contributed by atoms with E-state index in [-0.39, 0.29) is 11.1 Å². The molecule has 2 aromatic heterocycles. The monoisotopic (exact) mass is 460 g/mol. The van der Waals surface area contributed by atoms with Crippen LogP contribution in [0.25, 0.3) is 11.0 Å². The van der Waals surface area contributed by atoms with Gasteiger partial charge >= 0.3 is 5.63 Å². The van der Waals surface area contributed by atoms with Crippen LogP contribution < -0.4 is 15.4 Å². The predicted octanol–water partition coefficient (Wildman–Crippen LogP) is 4.83. The van der Waals surface area contributed by atoms with Crippen molar-refractivity contribution in [2.24, 2.45) is 0 Å².